The normalized spacial score (nSPS) is 15.6. The van der Waals surface area contributed by atoms with Crippen molar-refractivity contribution in [3.8, 4) is 11.1 Å². The first-order chi connectivity index (χ1) is 16.7. The molecule has 186 valence electrons. The first-order valence-corrected chi connectivity index (χ1v) is 12.3. The van der Waals surface area contributed by atoms with Crippen LogP contribution in [-0.2, 0) is 14.3 Å². The molecule has 0 radical (unpaired) electrons. The highest BCUT2D eigenvalue weighted by atomic mass is 16.5. The van der Waals surface area contributed by atoms with E-state index in [9.17, 15) is 14.4 Å². The van der Waals surface area contributed by atoms with E-state index >= 15 is 0 Å². The molecule has 2 aromatic carbocycles. The Kier molecular flexibility index (Phi) is 7.43. The van der Waals surface area contributed by atoms with E-state index in [0.29, 0.717) is 25.3 Å². The third kappa shape index (κ3) is 6.41. The van der Waals surface area contributed by atoms with E-state index in [1.54, 1.807) is 0 Å². The standard InChI is InChI=1S/C28H34N2O5/c1-28(2,14-13-26(32)33)30-25(31)15-19(18-11-12-18)16-29-27(34)35-17-24-22-9-5-3-7-20(22)21-8-4-6-10-23(21)24/h3-10,18-19,24H,11-17H2,1-2H3,(H,29,34)(H,30,31)(H,32,33). The van der Waals surface area contributed by atoms with Crippen molar-refractivity contribution in [2.24, 2.45) is 11.8 Å². The Morgan fingerprint density at radius 3 is 2.20 bits per heavy atom. The smallest absolute Gasteiger partial charge is 0.407 e. The second-order valence-electron chi connectivity index (χ2n) is 10.3. The molecule has 0 spiro atoms. The first-order valence-electron chi connectivity index (χ1n) is 12.3. The van der Waals surface area contributed by atoms with Gasteiger partial charge in [-0.3, -0.25) is 9.59 Å². The third-order valence-electron chi connectivity index (χ3n) is 7.03. The van der Waals surface area contributed by atoms with E-state index in [1.807, 2.05) is 38.1 Å². The van der Waals surface area contributed by atoms with Crippen molar-refractivity contribution in [3.63, 3.8) is 0 Å². The molecule has 1 unspecified atom stereocenters. The zero-order valence-corrected chi connectivity index (χ0v) is 20.4. The van der Waals surface area contributed by atoms with E-state index in [2.05, 4.69) is 34.9 Å². The fourth-order valence-electron chi connectivity index (χ4n) is 4.99. The van der Waals surface area contributed by atoms with E-state index in [0.717, 1.165) is 12.8 Å². The maximum atomic E-state index is 12.6. The quantitative estimate of drug-likeness (QED) is 0.434. The zero-order valence-electron chi connectivity index (χ0n) is 20.4. The van der Waals surface area contributed by atoms with Crippen LogP contribution in [0.25, 0.3) is 11.1 Å². The number of carboxylic acid groups (broad SMARTS) is 1. The molecule has 1 atom stereocenters. The van der Waals surface area contributed by atoms with Crippen LogP contribution in [0.1, 0.15) is 63.0 Å². The van der Waals surface area contributed by atoms with Crippen LogP contribution in [0.5, 0.6) is 0 Å². The number of nitrogens with one attached hydrogen (secondary N) is 2. The predicted octanol–water partition coefficient (Wildman–Crippen LogP) is 4.70. The Hall–Kier alpha value is -3.35. The Labute approximate surface area is 206 Å². The number of amides is 2. The molecule has 0 aromatic heterocycles. The number of hydrogen-bond acceptors (Lipinski definition) is 4. The lowest BCUT2D eigenvalue weighted by atomic mass is 9.95. The number of fused-ring (bicyclic) bond motifs is 3. The van der Waals surface area contributed by atoms with Crippen molar-refractivity contribution in [2.75, 3.05) is 13.2 Å². The molecule has 1 saturated carbocycles. The van der Waals surface area contributed by atoms with Gasteiger partial charge in [-0.15, -0.1) is 0 Å². The van der Waals surface area contributed by atoms with Crippen LogP contribution in [0.15, 0.2) is 48.5 Å². The maximum Gasteiger partial charge on any atom is 0.407 e. The number of benzene rings is 2. The first kappa shape index (κ1) is 24.8. The number of ether oxygens (including phenoxy) is 1. The molecule has 2 aliphatic carbocycles. The summed E-state index contributed by atoms with van der Waals surface area (Å²) in [5.41, 5.74) is 4.11. The Balaban J connectivity index is 1.28. The van der Waals surface area contributed by atoms with Gasteiger partial charge in [0.1, 0.15) is 6.61 Å². The number of alkyl carbamates (subject to hydrolysis) is 1. The number of hydrogen-bond donors (Lipinski definition) is 3. The summed E-state index contributed by atoms with van der Waals surface area (Å²) in [7, 11) is 0. The summed E-state index contributed by atoms with van der Waals surface area (Å²) in [5.74, 6) is -0.546. The summed E-state index contributed by atoms with van der Waals surface area (Å²) in [4.78, 5) is 36.0. The van der Waals surface area contributed by atoms with Crippen molar-refractivity contribution in [1.82, 2.24) is 10.6 Å². The maximum absolute atomic E-state index is 12.6. The molecule has 2 aromatic rings. The predicted molar refractivity (Wildman–Crippen MR) is 133 cm³/mol. The molecule has 0 bridgehead atoms. The van der Waals surface area contributed by atoms with Crippen LogP contribution in [-0.4, -0.2) is 41.8 Å². The second kappa shape index (κ2) is 10.5. The summed E-state index contributed by atoms with van der Waals surface area (Å²) < 4.78 is 5.62. The summed E-state index contributed by atoms with van der Waals surface area (Å²) in [6.07, 6.45) is 2.28. The number of carboxylic acids is 1. The molecular formula is C28H34N2O5. The highest BCUT2D eigenvalue weighted by Gasteiger charge is 2.34. The molecule has 0 saturated heterocycles. The van der Waals surface area contributed by atoms with Crippen molar-refractivity contribution < 1.29 is 24.2 Å². The largest absolute Gasteiger partial charge is 0.481 e. The zero-order chi connectivity index (χ0) is 25.0. The molecule has 2 aliphatic rings. The monoisotopic (exact) mass is 478 g/mol. The summed E-state index contributed by atoms with van der Waals surface area (Å²) in [6.45, 7) is 4.29. The van der Waals surface area contributed by atoms with Gasteiger partial charge in [-0.1, -0.05) is 48.5 Å². The number of rotatable bonds is 11. The van der Waals surface area contributed by atoms with Crippen LogP contribution < -0.4 is 10.6 Å². The lowest BCUT2D eigenvalue weighted by Crippen LogP contribution is -2.45. The minimum absolute atomic E-state index is 0.00265. The summed E-state index contributed by atoms with van der Waals surface area (Å²) in [6, 6.07) is 16.4. The average molecular weight is 479 g/mol. The second-order valence-corrected chi connectivity index (χ2v) is 10.3. The van der Waals surface area contributed by atoms with Gasteiger partial charge < -0.3 is 20.5 Å². The van der Waals surface area contributed by atoms with Crippen molar-refractivity contribution >= 4 is 18.0 Å². The Morgan fingerprint density at radius 1 is 1.03 bits per heavy atom. The van der Waals surface area contributed by atoms with Gasteiger partial charge in [-0.25, -0.2) is 4.79 Å². The van der Waals surface area contributed by atoms with Crippen molar-refractivity contribution in [2.45, 2.75) is 57.4 Å². The van der Waals surface area contributed by atoms with Crippen LogP contribution in [0, 0.1) is 11.8 Å². The SMILES string of the molecule is CC(C)(CCC(=O)O)NC(=O)CC(CNC(=O)OCC1c2ccccc2-c2ccccc21)C1CC1. The van der Waals surface area contributed by atoms with Gasteiger partial charge >= 0.3 is 12.1 Å². The van der Waals surface area contributed by atoms with E-state index < -0.39 is 17.6 Å². The Morgan fingerprint density at radius 2 is 1.63 bits per heavy atom. The van der Waals surface area contributed by atoms with Gasteiger partial charge in [0.2, 0.25) is 5.91 Å². The van der Waals surface area contributed by atoms with Gasteiger partial charge in [0.05, 0.1) is 0 Å². The van der Waals surface area contributed by atoms with E-state index in [-0.39, 0.29) is 30.8 Å². The summed E-state index contributed by atoms with van der Waals surface area (Å²) in [5, 5.41) is 14.7. The minimum atomic E-state index is -0.879. The highest BCUT2D eigenvalue weighted by Crippen LogP contribution is 2.44. The summed E-state index contributed by atoms with van der Waals surface area (Å²) >= 11 is 0. The molecule has 1 fully saturated rings. The lowest BCUT2D eigenvalue weighted by molar-refractivity contribution is -0.137. The third-order valence-corrected chi connectivity index (χ3v) is 7.03. The lowest BCUT2D eigenvalue weighted by Gasteiger charge is -2.27. The molecule has 2 amide bonds. The topological polar surface area (TPSA) is 105 Å². The van der Waals surface area contributed by atoms with Gasteiger partial charge in [-0.05, 0) is 67.2 Å². The molecule has 7 heteroatoms. The van der Waals surface area contributed by atoms with Crippen LogP contribution in [0.2, 0.25) is 0 Å². The number of carbonyl (C=O) groups is 3. The van der Waals surface area contributed by atoms with Crippen LogP contribution in [0.4, 0.5) is 4.79 Å². The number of aliphatic carboxylic acids is 1. The molecule has 0 aliphatic heterocycles. The number of carbonyl (C=O) groups excluding carboxylic acids is 2. The van der Waals surface area contributed by atoms with Crippen molar-refractivity contribution in [1.29, 1.82) is 0 Å². The van der Waals surface area contributed by atoms with Gasteiger partial charge in [-0.2, -0.15) is 0 Å². The fraction of sp³-hybridized carbons (Fsp3) is 0.464. The Bertz CT molecular complexity index is 1050. The van der Waals surface area contributed by atoms with E-state index in [1.165, 1.54) is 22.3 Å². The van der Waals surface area contributed by atoms with Gasteiger partial charge in [0.25, 0.3) is 0 Å². The molecule has 7 nitrogen and oxygen atoms in total. The molecule has 3 N–H and O–H groups in total. The highest BCUT2D eigenvalue weighted by molar-refractivity contribution is 5.79. The fourth-order valence-corrected chi connectivity index (χ4v) is 4.99. The van der Waals surface area contributed by atoms with Gasteiger partial charge in [0.15, 0.2) is 0 Å². The minimum Gasteiger partial charge on any atom is -0.481 e. The van der Waals surface area contributed by atoms with Crippen molar-refractivity contribution in [3.05, 3.63) is 59.7 Å². The molecular weight excluding hydrogens is 444 g/mol. The van der Waals surface area contributed by atoms with Crippen LogP contribution >= 0.6 is 0 Å². The van der Waals surface area contributed by atoms with Gasteiger partial charge in [0, 0.05) is 30.8 Å². The van der Waals surface area contributed by atoms with Crippen LogP contribution in [0.3, 0.4) is 0 Å². The average Bonchev–Trinajstić information content (AvgIpc) is 3.62. The molecule has 35 heavy (non-hydrogen) atoms. The van der Waals surface area contributed by atoms with E-state index in [4.69, 9.17) is 9.84 Å². The molecule has 4 rings (SSSR count). The molecule has 0 heterocycles.